The number of sulfonamides is 1. The van der Waals surface area contributed by atoms with Crippen LogP contribution in [0.4, 0.5) is 0 Å². The lowest BCUT2D eigenvalue weighted by Gasteiger charge is -2.42. The molecular formula is C38H48N4O7S. The van der Waals surface area contributed by atoms with Crippen LogP contribution < -0.4 is 25.8 Å². The summed E-state index contributed by atoms with van der Waals surface area (Å²) in [6.45, 7) is 3.83. The van der Waals surface area contributed by atoms with Gasteiger partial charge in [-0.25, -0.2) is 8.42 Å². The van der Waals surface area contributed by atoms with E-state index < -0.39 is 45.3 Å². The van der Waals surface area contributed by atoms with Crippen LogP contribution in [0, 0.1) is 11.3 Å². The number of ether oxygens (including phenoxy) is 2. The van der Waals surface area contributed by atoms with E-state index in [1.165, 1.54) is 19.2 Å². The monoisotopic (exact) mass is 704 g/mol. The molecule has 0 aliphatic heterocycles. The third-order valence-electron chi connectivity index (χ3n) is 9.41. The fourth-order valence-corrected chi connectivity index (χ4v) is 6.77. The first-order chi connectivity index (χ1) is 23.7. The maximum atomic E-state index is 14.0. The Morgan fingerprint density at radius 3 is 2.06 bits per heavy atom. The SMILES string of the molecule is COc1cccc(C(C)NC[C@H](O)[C@@H](Cc2ccccc2)C2(C(N)=O)C=C(N(C)S(C)(=O)=O)C=C(C(=O)NC(C)c3cccc(OC)c3)C2)c1. The summed E-state index contributed by atoms with van der Waals surface area (Å²) in [5.41, 5.74) is 7.39. The standard InChI is InChI=1S/C38H48N4O7S/c1-25(28-14-10-16-32(20-28)48-4)40-24-35(43)34(18-27-12-8-7-9-13-27)38(37(39)45)22-30(19-31(23-38)42(3)50(6,46)47)36(44)41-26(2)29-15-11-17-33(21-29)49-5/h7-17,19-21,23,25-26,34-35,40,43H,18,22,24H2,1-6H3,(H2,39,45)(H,41,44)/t25?,26?,34-,35+,38?/m1/s1. The second-order valence-corrected chi connectivity index (χ2v) is 14.8. The van der Waals surface area contributed by atoms with Gasteiger partial charge in [0.25, 0.3) is 0 Å². The number of hydrogen-bond acceptors (Lipinski definition) is 8. The highest BCUT2D eigenvalue weighted by molar-refractivity contribution is 7.88. The molecular weight excluding hydrogens is 657 g/mol. The molecule has 0 spiro atoms. The van der Waals surface area contributed by atoms with Gasteiger partial charge in [-0.3, -0.25) is 13.9 Å². The first-order valence-electron chi connectivity index (χ1n) is 16.4. The van der Waals surface area contributed by atoms with Crippen molar-refractivity contribution < 1.29 is 32.6 Å². The van der Waals surface area contributed by atoms with Gasteiger partial charge in [0.1, 0.15) is 11.5 Å². The van der Waals surface area contributed by atoms with E-state index in [-0.39, 0.29) is 36.7 Å². The maximum absolute atomic E-state index is 14.0. The number of aliphatic hydroxyl groups excluding tert-OH is 1. The minimum Gasteiger partial charge on any atom is -0.497 e. The molecule has 1 aliphatic rings. The molecule has 0 saturated heterocycles. The number of aliphatic hydroxyl groups is 1. The summed E-state index contributed by atoms with van der Waals surface area (Å²) in [5.74, 6) is -0.851. The highest BCUT2D eigenvalue weighted by Crippen LogP contribution is 2.45. The largest absolute Gasteiger partial charge is 0.497 e. The lowest BCUT2D eigenvalue weighted by molar-refractivity contribution is -0.131. The number of hydrogen-bond donors (Lipinski definition) is 4. The van der Waals surface area contributed by atoms with Crippen LogP contribution in [0.5, 0.6) is 11.5 Å². The Balaban J connectivity index is 1.75. The van der Waals surface area contributed by atoms with Gasteiger partial charge in [0.15, 0.2) is 0 Å². The maximum Gasteiger partial charge on any atom is 0.247 e. The average molecular weight is 705 g/mol. The summed E-state index contributed by atoms with van der Waals surface area (Å²) in [6.07, 6.45) is 2.88. The second kappa shape index (κ2) is 16.4. The van der Waals surface area contributed by atoms with Crippen molar-refractivity contribution in [3.8, 4) is 11.5 Å². The van der Waals surface area contributed by atoms with E-state index >= 15 is 0 Å². The van der Waals surface area contributed by atoms with E-state index in [9.17, 15) is 23.1 Å². The zero-order valence-electron chi connectivity index (χ0n) is 29.4. The minimum atomic E-state index is -3.83. The minimum absolute atomic E-state index is 0.0636. The van der Waals surface area contributed by atoms with Gasteiger partial charge in [0.2, 0.25) is 21.8 Å². The van der Waals surface area contributed by atoms with Crippen LogP contribution in [0.3, 0.4) is 0 Å². The average Bonchev–Trinajstić information content (AvgIpc) is 3.11. The summed E-state index contributed by atoms with van der Waals surface area (Å²) in [5, 5.41) is 18.3. The molecule has 2 amide bonds. The molecule has 268 valence electrons. The number of carbonyl (C=O) groups excluding carboxylic acids is 2. The zero-order valence-corrected chi connectivity index (χ0v) is 30.2. The van der Waals surface area contributed by atoms with E-state index in [1.54, 1.807) is 20.3 Å². The number of nitrogens with zero attached hydrogens (tertiary/aromatic N) is 1. The Morgan fingerprint density at radius 1 is 0.940 bits per heavy atom. The summed E-state index contributed by atoms with van der Waals surface area (Å²) in [7, 11) is 0.671. The van der Waals surface area contributed by atoms with Crippen molar-refractivity contribution in [2.24, 2.45) is 17.1 Å². The van der Waals surface area contributed by atoms with Crippen LogP contribution in [-0.4, -0.2) is 69.8 Å². The van der Waals surface area contributed by atoms with Crippen LogP contribution in [0.1, 0.15) is 49.0 Å². The number of nitrogens with two attached hydrogens (primary N) is 1. The number of benzene rings is 3. The van der Waals surface area contributed by atoms with Gasteiger partial charge in [0, 0.05) is 36.8 Å². The fraction of sp³-hybridized carbons (Fsp3) is 0.368. The Morgan fingerprint density at radius 2 is 1.52 bits per heavy atom. The van der Waals surface area contributed by atoms with Crippen LogP contribution in [0.25, 0.3) is 0 Å². The smallest absolute Gasteiger partial charge is 0.247 e. The number of likely N-dealkylation sites (N-methyl/N-ethyl adjacent to an activating group) is 1. The molecule has 5 N–H and O–H groups in total. The second-order valence-electron chi connectivity index (χ2n) is 12.8. The number of nitrogens with one attached hydrogen (secondary N) is 2. The van der Waals surface area contributed by atoms with Crippen molar-refractivity contribution in [3.05, 3.63) is 119 Å². The predicted octanol–water partition coefficient (Wildman–Crippen LogP) is 4.03. The number of amides is 2. The van der Waals surface area contributed by atoms with Crippen molar-refractivity contribution in [1.29, 1.82) is 0 Å². The molecule has 3 aromatic carbocycles. The number of methoxy groups -OCH3 is 2. The summed E-state index contributed by atoms with van der Waals surface area (Å²) < 4.78 is 37.4. The van der Waals surface area contributed by atoms with Crippen LogP contribution in [-0.2, 0) is 26.0 Å². The molecule has 0 saturated carbocycles. The molecule has 3 unspecified atom stereocenters. The van der Waals surface area contributed by atoms with Gasteiger partial charge < -0.3 is 30.9 Å². The molecule has 0 aromatic heterocycles. The molecule has 5 atom stereocenters. The number of primary amides is 1. The van der Waals surface area contributed by atoms with Crippen molar-refractivity contribution in [2.75, 3.05) is 34.1 Å². The Labute approximate surface area is 295 Å². The first kappa shape index (κ1) is 38.2. The highest BCUT2D eigenvalue weighted by atomic mass is 32.2. The van der Waals surface area contributed by atoms with Gasteiger partial charge in [-0.1, -0.05) is 54.6 Å². The molecule has 3 aromatic rings. The predicted molar refractivity (Wildman–Crippen MR) is 194 cm³/mol. The number of rotatable bonds is 16. The molecule has 12 heteroatoms. The molecule has 0 radical (unpaired) electrons. The summed E-state index contributed by atoms with van der Waals surface area (Å²) in [4.78, 5) is 27.8. The summed E-state index contributed by atoms with van der Waals surface area (Å²) >= 11 is 0. The van der Waals surface area contributed by atoms with E-state index in [2.05, 4.69) is 10.6 Å². The van der Waals surface area contributed by atoms with Gasteiger partial charge in [-0.05, 0) is 79.8 Å². The van der Waals surface area contributed by atoms with Crippen LogP contribution in [0.2, 0.25) is 0 Å². The molecule has 0 bridgehead atoms. The van der Waals surface area contributed by atoms with E-state index in [4.69, 9.17) is 15.2 Å². The van der Waals surface area contributed by atoms with E-state index in [0.29, 0.717) is 11.5 Å². The van der Waals surface area contributed by atoms with Gasteiger partial charge >= 0.3 is 0 Å². The third kappa shape index (κ3) is 9.12. The lowest BCUT2D eigenvalue weighted by atomic mass is 9.63. The van der Waals surface area contributed by atoms with Crippen molar-refractivity contribution in [1.82, 2.24) is 14.9 Å². The van der Waals surface area contributed by atoms with Crippen LogP contribution >= 0.6 is 0 Å². The van der Waals surface area contributed by atoms with Gasteiger partial charge in [-0.2, -0.15) is 0 Å². The van der Waals surface area contributed by atoms with Gasteiger partial charge in [0.05, 0.1) is 38.0 Å². The zero-order chi connectivity index (χ0) is 36.6. The summed E-state index contributed by atoms with van der Waals surface area (Å²) in [6, 6.07) is 23.5. The van der Waals surface area contributed by atoms with Crippen molar-refractivity contribution >= 4 is 21.8 Å². The van der Waals surface area contributed by atoms with E-state index in [0.717, 1.165) is 27.3 Å². The molecule has 50 heavy (non-hydrogen) atoms. The number of allylic oxidation sites excluding steroid dienone is 1. The first-order valence-corrected chi connectivity index (χ1v) is 18.2. The Hall–Kier alpha value is -4.65. The quantitative estimate of drug-likeness (QED) is 0.174. The number of carbonyl (C=O) groups is 2. The lowest BCUT2D eigenvalue weighted by Crippen LogP contribution is -2.52. The van der Waals surface area contributed by atoms with Crippen molar-refractivity contribution in [3.63, 3.8) is 0 Å². The highest BCUT2D eigenvalue weighted by Gasteiger charge is 2.49. The van der Waals surface area contributed by atoms with Crippen molar-refractivity contribution in [2.45, 2.75) is 44.9 Å². The van der Waals surface area contributed by atoms with E-state index in [1.807, 2.05) is 86.6 Å². The fourth-order valence-electron chi connectivity index (χ4n) is 6.28. The topological polar surface area (TPSA) is 160 Å². The third-order valence-corrected chi connectivity index (χ3v) is 10.6. The Kier molecular flexibility index (Phi) is 12.5. The molecule has 4 rings (SSSR count). The molecule has 0 fully saturated rings. The van der Waals surface area contributed by atoms with Gasteiger partial charge in [-0.15, -0.1) is 0 Å². The Bertz CT molecular complexity index is 1830. The van der Waals surface area contributed by atoms with Crippen LogP contribution in [0.15, 0.2) is 102 Å². The molecule has 11 nitrogen and oxygen atoms in total. The molecule has 1 aliphatic carbocycles. The normalized spacial score (nSPS) is 18.5. The molecule has 0 heterocycles.